The van der Waals surface area contributed by atoms with Crippen molar-refractivity contribution in [1.82, 2.24) is 4.90 Å². The number of hydrogen-bond donors (Lipinski definition) is 3. The normalized spacial score (nSPS) is 57.5. The molecule has 4 rings (SSSR count). The van der Waals surface area contributed by atoms with Gasteiger partial charge in [0, 0.05) is 0 Å². The van der Waals surface area contributed by atoms with E-state index in [-0.39, 0.29) is 33.0 Å². The van der Waals surface area contributed by atoms with Gasteiger partial charge in [-0.25, -0.2) is 4.90 Å². The van der Waals surface area contributed by atoms with Gasteiger partial charge in [-0.05, 0) is 0 Å². The van der Waals surface area contributed by atoms with E-state index in [1.807, 2.05) is 0 Å². The average Bonchev–Trinajstić information content (AvgIpc) is 3.08. The molecule has 4 aliphatic rings. The number of rotatable bonds is 3. The Bertz CT molecular complexity index is 394. The van der Waals surface area contributed by atoms with E-state index < -0.39 is 29.6 Å². The molecular weight excluding hydrogens is 246 g/mol. The van der Waals surface area contributed by atoms with Crippen LogP contribution in [0.3, 0.4) is 0 Å². The number of aliphatic hydroxyl groups excluding tert-OH is 3. The maximum atomic E-state index is 9.82. The molecule has 5 unspecified atom stereocenters. The molecule has 8 heteroatoms. The molecule has 2 bridgehead atoms. The fraction of sp³-hybridized carbons (Fsp3) is 1.00. The third-order valence-corrected chi connectivity index (χ3v) is 4.44. The molecule has 18 heavy (non-hydrogen) atoms. The fourth-order valence-corrected chi connectivity index (χ4v) is 3.71. The summed E-state index contributed by atoms with van der Waals surface area (Å²) in [6.07, 6.45) is -1.41. The monoisotopic (exact) mass is 261 g/mol. The van der Waals surface area contributed by atoms with Gasteiger partial charge in [0.05, 0.1) is 26.4 Å². The van der Waals surface area contributed by atoms with Crippen LogP contribution in [0.1, 0.15) is 0 Å². The Balaban J connectivity index is 1.89. The Labute approximate surface area is 103 Å². The average molecular weight is 261 g/mol. The van der Waals surface area contributed by atoms with Crippen molar-refractivity contribution in [1.29, 1.82) is 0 Å². The van der Waals surface area contributed by atoms with Gasteiger partial charge in [-0.1, -0.05) is 0 Å². The van der Waals surface area contributed by atoms with Crippen molar-refractivity contribution in [3.8, 4) is 0 Å². The lowest BCUT2D eigenvalue weighted by molar-refractivity contribution is -0.185. The Morgan fingerprint density at radius 2 is 2.00 bits per heavy atom. The third-order valence-electron chi connectivity index (χ3n) is 4.44. The van der Waals surface area contributed by atoms with E-state index in [1.54, 1.807) is 4.90 Å². The molecule has 0 saturated carbocycles. The van der Waals surface area contributed by atoms with Crippen LogP contribution in [0, 0.1) is 0 Å². The second kappa shape index (κ2) is 3.22. The minimum absolute atomic E-state index is 0.134. The lowest BCUT2D eigenvalue weighted by Crippen LogP contribution is -2.68. The number of fused-ring (bicyclic) bond motifs is 2. The lowest BCUT2D eigenvalue weighted by atomic mass is 9.89. The van der Waals surface area contributed by atoms with Crippen LogP contribution in [0.15, 0.2) is 0 Å². The van der Waals surface area contributed by atoms with Gasteiger partial charge in [0.2, 0.25) is 5.79 Å². The van der Waals surface area contributed by atoms with Crippen molar-refractivity contribution < 1.29 is 34.3 Å². The predicted octanol–water partition coefficient (Wildman–Crippen LogP) is -2.83. The maximum absolute atomic E-state index is 9.82. The van der Waals surface area contributed by atoms with Crippen molar-refractivity contribution >= 4 is 0 Å². The summed E-state index contributed by atoms with van der Waals surface area (Å²) in [6, 6.07) is 0. The first-order chi connectivity index (χ1) is 8.68. The zero-order chi connectivity index (χ0) is 12.6. The summed E-state index contributed by atoms with van der Waals surface area (Å²) >= 11 is 0. The maximum Gasteiger partial charge on any atom is 0.220 e. The summed E-state index contributed by atoms with van der Waals surface area (Å²) in [5, 5.41) is 28.9. The summed E-state index contributed by atoms with van der Waals surface area (Å²) < 4.78 is 22.6. The molecule has 4 heterocycles. The van der Waals surface area contributed by atoms with Crippen molar-refractivity contribution in [2.75, 3.05) is 33.0 Å². The molecule has 0 aromatic heterocycles. The second-order valence-electron chi connectivity index (χ2n) is 5.12. The Kier molecular flexibility index (Phi) is 2.06. The van der Waals surface area contributed by atoms with Crippen molar-refractivity contribution in [2.24, 2.45) is 0 Å². The topological polar surface area (TPSA) is 101 Å². The summed E-state index contributed by atoms with van der Waals surface area (Å²) in [4.78, 5) is 1.68. The summed E-state index contributed by atoms with van der Waals surface area (Å²) in [5.41, 5.74) is -2.09. The van der Waals surface area contributed by atoms with Crippen LogP contribution in [-0.2, 0) is 18.9 Å². The van der Waals surface area contributed by atoms with E-state index >= 15 is 0 Å². The number of ether oxygens (including phenoxy) is 4. The Hall–Kier alpha value is -0.320. The highest BCUT2D eigenvalue weighted by Gasteiger charge is 2.85. The van der Waals surface area contributed by atoms with Gasteiger partial charge in [-0.15, -0.1) is 0 Å². The van der Waals surface area contributed by atoms with Crippen LogP contribution < -0.4 is 0 Å². The highest BCUT2D eigenvalue weighted by molar-refractivity contribution is 5.24. The van der Waals surface area contributed by atoms with Crippen molar-refractivity contribution in [3.63, 3.8) is 0 Å². The number of aliphatic hydroxyl groups is 3. The van der Waals surface area contributed by atoms with Gasteiger partial charge >= 0.3 is 0 Å². The molecular formula is C10H15NO7. The molecule has 5 atom stereocenters. The highest BCUT2D eigenvalue weighted by Crippen LogP contribution is 2.62. The molecule has 4 saturated heterocycles. The van der Waals surface area contributed by atoms with Crippen LogP contribution in [0.2, 0.25) is 0 Å². The zero-order valence-corrected chi connectivity index (χ0v) is 9.61. The number of morpholine rings is 1. The molecule has 3 N–H and O–H groups in total. The predicted molar refractivity (Wildman–Crippen MR) is 52.9 cm³/mol. The van der Waals surface area contributed by atoms with Crippen LogP contribution >= 0.6 is 0 Å². The molecule has 102 valence electrons. The minimum atomic E-state index is -1.13. The zero-order valence-electron chi connectivity index (χ0n) is 9.61. The first-order valence-corrected chi connectivity index (χ1v) is 5.91. The van der Waals surface area contributed by atoms with E-state index in [9.17, 15) is 15.3 Å². The molecule has 0 aromatic carbocycles. The largest absolute Gasteiger partial charge is 0.394 e. The highest BCUT2D eigenvalue weighted by atomic mass is 16.8. The van der Waals surface area contributed by atoms with Crippen molar-refractivity contribution in [3.05, 3.63) is 0 Å². The molecule has 4 aliphatic heterocycles. The Morgan fingerprint density at radius 1 is 1.17 bits per heavy atom. The molecule has 1 spiro atoms. The first-order valence-electron chi connectivity index (χ1n) is 5.91. The van der Waals surface area contributed by atoms with Gasteiger partial charge in [0.15, 0.2) is 17.6 Å². The molecule has 4 fully saturated rings. The van der Waals surface area contributed by atoms with Gasteiger partial charge in [0.1, 0.15) is 12.8 Å². The molecule has 0 aromatic rings. The van der Waals surface area contributed by atoms with Gasteiger partial charge < -0.3 is 34.3 Å². The summed E-state index contributed by atoms with van der Waals surface area (Å²) in [5.74, 6) is -1.13. The standard InChI is InChI=1S/C10H15NO7/c12-1-6-11-8(2-13)4-16-10(18-8)5-15-7(17-6)9(10,11)3-14/h6-7,12-14H,1-5H2. The van der Waals surface area contributed by atoms with E-state index in [0.29, 0.717) is 0 Å². The van der Waals surface area contributed by atoms with Crippen LogP contribution in [0.25, 0.3) is 0 Å². The smallest absolute Gasteiger partial charge is 0.220 e. The van der Waals surface area contributed by atoms with E-state index in [1.165, 1.54) is 0 Å². The molecule has 0 amide bonds. The van der Waals surface area contributed by atoms with Crippen molar-refractivity contribution in [2.45, 2.75) is 29.6 Å². The minimum Gasteiger partial charge on any atom is -0.394 e. The van der Waals surface area contributed by atoms with Crippen LogP contribution in [0.5, 0.6) is 0 Å². The molecule has 8 nitrogen and oxygen atoms in total. The quantitative estimate of drug-likeness (QED) is 0.500. The first kappa shape index (κ1) is 11.5. The van der Waals surface area contributed by atoms with Gasteiger partial charge in [-0.3, -0.25) is 0 Å². The van der Waals surface area contributed by atoms with Crippen LogP contribution in [0.4, 0.5) is 0 Å². The molecule has 0 radical (unpaired) electrons. The summed E-state index contributed by atoms with van der Waals surface area (Å²) in [6.45, 7) is -0.586. The second-order valence-corrected chi connectivity index (χ2v) is 5.12. The lowest BCUT2D eigenvalue weighted by Gasteiger charge is -2.43. The molecule has 0 aliphatic carbocycles. The van der Waals surface area contributed by atoms with E-state index in [2.05, 4.69) is 0 Å². The third kappa shape index (κ3) is 0.888. The Morgan fingerprint density at radius 3 is 2.67 bits per heavy atom. The SMILES string of the molecule is OCC1OC2OCC34OCC(CO)(O3)N1C24CO. The van der Waals surface area contributed by atoms with E-state index in [4.69, 9.17) is 18.9 Å². The number of hydrogen-bond acceptors (Lipinski definition) is 8. The van der Waals surface area contributed by atoms with Crippen LogP contribution in [-0.4, -0.2) is 82.8 Å². The fourth-order valence-electron chi connectivity index (χ4n) is 3.71. The van der Waals surface area contributed by atoms with E-state index in [0.717, 1.165) is 0 Å². The van der Waals surface area contributed by atoms with Gasteiger partial charge in [-0.2, -0.15) is 0 Å². The van der Waals surface area contributed by atoms with Gasteiger partial charge in [0.25, 0.3) is 0 Å². The summed E-state index contributed by atoms with van der Waals surface area (Å²) in [7, 11) is 0. The number of nitrogens with zero attached hydrogens (tertiary/aromatic N) is 1.